The summed E-state index contributed by atoms with van der Waals surface area (Å²) >= 11 is 12.8. The van der Waals surface area contributed by atoms with Crippen LogP contribution < -0.4 is 10.1 Å². The van der Waals surface area contributed by atoms with Crippen LogP contribution in [0.5, 0.6) is 5.75 Å². The van der Waals surface area contributed by atoms with E-state index in [0.29, 0.717) is 16.0 Å². The maximum atomic E-state index is 6.63. The third-order valence-electron chi connectivity index (χ3n) is 5.69. The van der Waals surface area contributed by atoms with E-state index in [-0.39, 0.29) is 6.04 Å². The Morgan fingerprint density at radius 1 is 0.903 bits per heavy atom. The lowest BCUT2D eigenvalue weighted by Crippen LogP contribution is -2.32. The fraction of sp³-hybridized carbons (Fsp3) is 0.0833. The number of benzene rings is 3. The molecule has 0 spiro atoms. The largest absolute Gasteiger partial charge is 0.480 e. The summed E-state index contributed by atoms with van der Waals surface area (Å²) in [6, 6.07) is 23.3. The molecule has 2 aliphatic rings. The lowest BCUT2D eigenvalue weighted by atomic mass is 9.84. The van der Waals surface area contributed by atoms with Crippen molar-refractivity contribution in [2.24, 2.45) is 0 Å². The molecule has 0 radical (unpaired) electrons. The Kier molecular flexibility index (Phi) is 4.26. The van der Waals surface area contributed by atoms with Crippen molar-refractivity contribution in [3.63, 3.8) is 0 Å². The number of rotatable bonds is 2. The van der Waals surface area contributed by atoms with Gasteiger partial charge < -0.3 is 10.1 Å². The minimum absolute atomic E-state index is 0.236. The number of hydrogen-bond donors (Lipinski definition) is 1. The standard InChI is InChI=1S/C24H16Cl2N4O/c25-15-11-9-14(10-12-15)22-20-21(29-24-27-13-28-30(22)24)17-6-2-4-8-19(17)31-23(20)16-5-1-3-7-18(16)26/h1-13,22-23H,(H,27,28,29)/t22-,23+/m0/s1. The van der Waals surface area contributed by atoms with Crippen molar-refractivity contribution in [1.29, 1.82) is 0 Å². The summed E-state index contributed by atoms with van der Waals surface area (Å²) in [5.74, 6) is 1.47. The normalized spacial score (nSPS) is 19.0. The molecule has 4 aromatic rings. The SMILES string of the molecule is Clc1ccc([C@H]2C3=C(Nc4ncnn42)c2ccccc2O[C@@H]3c2ccccc2Cl)cc1. The molecule has 2 atom stereocenters. The van der Waals surface area contributed by atoms with Crippen LogP contribution in [0.3, 0.4) is 0 Å². The maximum absolute atomic E-state index is 6.63. The van der Waals surface area contributed by atoms with E-state index >= 15 is 0 Å². The van der Waals surface area contributed by atoms with Crippen LogP contribution in [-0.2, 0) is 0 Å². The fourth-order valence-electron chi connectivity index (χ4n) is 4.33. The van der Waals surface area contributed by atoms with Crippen LogP contribution in [0.15, 0.2) is 84.7 Å². The number of para-hydroxylation sites is 1. The Hall–Kier alpha value is -3.28. The van der Waals surface area contributed by atoms with Crippen molar-refractivity contribution in [3.8, 4) is 5.75 Å². The van der Waals surface area contributed by atoms with Gasteiger partial charge >= 0.3 is 0 Å². The summed E-state index contributed by atoms with van der Waals surface area (Å²) in [7, 11) is 0. The molecule has 1 N–H and O–H groups in total. The van der Waals surface area contributed by atoms with Gasteiger partial charge in [0.15, 0.2) is 6.10 Å². The number of nitrogens with zero attached hydrogens (tertiary/aromatic N) is 3. The summed E-state index contributed by atoms with van der Waals surface area (Å²) in [4.78, 5) is 4.44. The van der Waals surface area contributed by atoms with E-state index in [1.807, 2.05) is 77.5 Å². The molecular formula is C24H16Cl2N4O. The van der Waals surface area contributed by atoms with Crippen LogP contribution in [0.2, 0.25) is 10.0 Å². The number of fused-ring (bicyclic) bond motifs is 3. The number of aromatic nitrogens is 3. The Labute approximate surface area is 188 Å². The molecule has 152 valence electrons. The number of nitrogens with one attached hydrogen (secondary N) is 1. The summed E-state index contributed by atoms with van der Waals surface area (Å²) in [6.45, 7) is 0. The van der Waals surface area contributed by atoms with E-state index in [0.717, 1.165) is 33.7 Å². The van der Waals surface area contributed by atoms with Gasteiger partial charge in [-0.2, -0.15) is 10.1 Å². The van der Waals surface area contributed by atoms with Crippen molar-refractivity contribution in [1.82, 2.24) is 14.8 Å². The second kappa shape index (κ2) is 7.15. The molecule has 6 rings (SSSR count). The van der Waals surface area contributed by atoms with E-state index < -0.39 is 6.10 Å². The van der Waals surface area contributed by atoms with Crippen LogP contribution in [0, 0.1) is 0 Å². The zero-order valence-electron chi connectivity index (χ0n) is 16.2. The molecule has 0 saturated carbocycles. The smallest absolute Gasteiger partial charge is 0.226 e. The first-order valence-corrected chi connectivity index (χ1v) is 10.6. The molecule has 0 unspecified atom stereocenters. The highest BCUT2D eigenvalue weighted by Crippen LogP contribution is 2.51. The van der Waals surface area contributed by atoms with Gasteiger partial charge in [0.05, 0.1) is 5.70 Å². The topological polar surface area (TPSA) is 52.0 Å². The Balaban J connectivity index is 1.65. The van der Waals surface area contributed by atoms with E-state index in [4.69, 9.17) is 27.9 Å². The second-order valence-electron chi connectivity index (χ2n) is 7.45. The Morgan fingerprint density at radius 2 is 1.68 bits per heavy atom. The lowest BCUT2D eigenvalue weighted by Gasteiger charge is -2.39. The van der Waals surface area contributed by atoms with E-state index in [1.165, 1.54) is 0 Å². The average Bonchev–Trinajstić information content (AvgIpc) is 3.27. The zero-order chi connectivity index (χ0) is 20.9. The highest BCUT2D eigenvalue weighted by molar-refractivity contribution is 6.31. The predicted octanol–water partition coefficient (Wildman–Crippen LogP) is 6.14. The zero-order valence-corrected chi connectivity index (χ0v) is 17.7. The molecule has 0 saturated heterocycles. The van der Waals surface area contributed by atoms with E-state index in [2.05, 4.69) is 15.4 Å². The molecule has 7 heteroatoms. The van der Waals surface area contributed by atoms with Crippen molar-refractivity contribution in [2.75, 3.05) is 5.32 Å². The van der Waals surface area contributed by atoms with Crippen LogP contribution in [-0.4, -0.2) is 14.8 Å². The lowest BCUT2D eigenvalue weighted by molar-refractivity contribution is 0.223. The first-order valence-electron chi connectivity index (χ1n) is 9.87. The summed E-state index contributed by atoms with van der Waals surface area (Å²) in [5.41, 5.74) is 4.90. The van der Waals surface area contributed by atoms with Gasteiger partial charge in [-0.15, -0.1) is 0 Å². The molecule has 0 amide bonds. The van der Waals surface area contributed by atoms with Crippen LogP contribution in [0.25, 0.3) is 5.70 Å². The molecule has 0 bridgehead atoms. The fourth-order valence-corrected chi connectivity index (χ4v) is 4.69. The van der Waals surface area contributed by atoms with Gasteiger partial charge in [-0.25, -0.2) is 4.68 Å². The van der Waals surface area contributed by atoms with E-state index in [9.17, 15) is 0 Å². The van der Waals surface area contributed by atoms with Gasteiger partial charge in [0.2, 0.25) is 5.95 Å². The molecule has 31 heavy (non-hydrogen) atoms. The third-order valence-corrected chi connectivity index (χ3v) is 6.29. The third kappa shape index (κ3) is 2.92. The van der Waals surface area contributed by atoms with Crippen LogP contribution in [0.4, 0.5) is 5.95 Å². The van der Waals surface area contributed by atoms with Gasteiger partial charge in [0.1, 0.15) is 18.1 Å². The molecule has 2 aliphatic heterocycles. The Morgan fingerprint density at radius 3 is 2.52 bits per heavy atom. The van der Waals surface area contributed by atoms with Gasteiger partial charge in [-0.1, -0.05) is 65.7 Å². The van der Waals surface area contributed by atoms with Gasteiger partial charge in [0.25, 0.3) is 0 Å². The van der Waals surface area contributed by atoms with Crippen molar-refractivity contribution >= 4 is 34.8 Å². The summed E-state index contributed by atoms with van der Waals surface area (Å²) in [5, 5.41) is 9.34. The summed E-state index contributed by atoms with van der Waals surface area (Å²) in [6.07, 6.45) is 1.16. The second-order valence-corrected chi connectivity index (χ2v) is 8.30. The minimum atomic E-state index is -0.399. The highest BCUT2D eigenvalue weighted by atomic mass is 35.5. The predicted molar refractivity (Wildman–Crippen MR) is 121 cm³/mol. The van der Waals surface area contributed by atoms with Crippen LogP contribution >= 0.6 is 23.2 Å². The van der Waals surface area contributed by atoms with Crippen molar-refractivity contribution in [2.45, 2.75) is 12.1 Å². The first kappa shape index (κ1) is 18.5. The number of hydrogen-bond acceptors (Lipinski definition) is 4. The van der Waals surface area contributed by atoms with E-state index in [1.54, 1.807) is 6.33 Å². The number of ether oxygens (including phenoxy) is 1. The number of anilines is 1. The van der Waals surface area contributed by atoms with Gasteiger partial charge in [0, 0.05) is 26.7 Å². The average molecular weight is 447 g/mol. The van der Waals surface area contributed by atoms with Gasteiger partial charge in [-0.05, 0) is 35.9 Å². The highest BCUT2D eigenvalue weighted by Gasteiger charge is 2.41. The molecule has 3 heterocycles. The molecular weight excluding hydrogens is 431 g/mol. The number of halogens is 2. The molecule has 1 aromatic heterocycles. The quantitative estimate of drug-likeness (QED) is 0.401. The molecule has 3 aromatic carbocycles. The van der Waals surface area contributed by atoms with Gasteiger partial charge in [-0.3, -0.25) is 0 Å². The summed E-state index contributed by atoms with van der Waals surface area (Å²) < 4.78 is 8.44. The monoisotopic (exact) mass is 446 g/mol. The minimum Gasteiger partial charge on any atom is -0.480 e. The van der Waals surface area contributed by atoms with Crippen LogP contribution in [0.1, 0.15) is 28.8 Å². The molecule has 0 aliphatic carbocycles. The first-order chi connectivity index (χ1) is 15.2. The van der Waals surface area contributed by atoms with Crippen molar-refractivity contribution in [3.05, 3.63) is 111 Å². The molecule has 5 nitrogen and oxygen atoms in total. The maximum Gasteiger partial charge on any atom is 0.226 e. The Bertz CT molecular complexity index is 1330. The van der Waals surface area contributed by atoms with Crippen molar-refractivity contribution < 1.29 is 4.74 Å². The molecule has 0 fully saturated rings.